The Bertz CT molecular complexity index is 885. The van der Waals surface area contributed by atoms with Crippen molar-refractivity contribution in [3.05, 3.63) is 54.4 Å². The molecule has 8 nitrogen and oxygen atoms in total. The molecule has 0 aliphatic carbocycles. The fourth-order valence-corrected chi connectivity index (χ4v) is 3.68. The number of carboxylic acids is 2. The number of alkyl halides is 3. The number of aromatic nitrogens is 1. The van der Waals surface area contributed by atoms with Crippen LogP contribution in [-0.4, -0.2) is 57.3 Å². The maximum Gasteiger partial charge on any atom is 0.490 e. The molecule has 0 aliphatic rings. The Morgan fingerprint density at radius 3 is 2.22 bits per heavy atom. The zero-order valence-electron chi connectivity index (χ0n) is 16.4. The number of ether oxygens (including phenoxy) is 1. The van der Waals surface area contributed by atoms with E-state index >= 15 is 0 Å². The van der Waals surface area contributed by atoms with E-state index in [2.05, 4.69) is 10.3 Å². The van der Waals surface area contributed by atoms with Crippen LogP contribution in [0.1, 0.15) is 16.8 Å². The Morgan fingerprint density at radius 2 is 1.62 bits per heavy atom. The average Bonchev–Trinajstić information content (AvgIpc) is 2.73. The van der Waals surface area contributed by atoms with Gasteiger partial charge in [0.05, 0.1) is 6.42 Å². The number of rotatable bonds is 10. The van der Waals surface area contributed by atoms with E-state index in [1.807, 2.05) is 0 Å². The molecule has 3 N–H and O–H groups in total. The standard InChI is InChI=1S/C17H18N2O4S2.C2HF3O2/c20-16(21)6-10-24-25-11-9-19-17(22)13-2-1-3-15(12-13)23-14-4-7-18-8-5-14;3-2(4,5)1(6)7/h1-5,7-8,12H,6,9-11H2,(H,19,22)(H,20,21);(H,6,7). The van der Waals surface area contributed by atoms with Crippen LogP contribution in [0.3, 0.4) is 0 Å². The molecule has 1 heterocycles. The minimum atomic E-state index is -5.08. The smallest absolute Gasteiger partial charge is 0.481 e. The Morgan fingerprint density at radius 1 is 1.00 bits per heavy atom. The van der Waals surface area contributed by atoms with Crippen LogP contribution in [0.2, 0.25) is 0 Å². The number of hydrogen-bond acceptors (Lipinski definition) is 7. The predicted molar refractivity (Wildman–Crippen MR) is 114 cm³/mol. The van der Waals surface area contributed by atoms with E-state index in [4.69, 9.17) is 19.7 Å². The highest BCUT2D eigenvalue weighted by molar-refractivity contribution is 8.76. The van der Waals surface area contributed by atoms with Gasteiger partial charge in [-0.3, -0.25) is 14.6 Å². The van der Waals surface area contributed by atoms with Crippen LogP contribution in [0.15, 0.2) is 48.8 Å². The van der Waals surface area contributed by atoms with E-state index in [9.17, 15) is 22.8 Å². The van der Waals surface area contributed by atoms with Crippen LogP contribution >= 0.6 is 21.6 Å². The van der Waals surface area contributed by atoms with Gasteiger partial charge in [-0.1, -0.05) is 27.7 Å². The van der Waals surface area contributed by atoms with Gasteiger partial charge >= 0.3 is 18.1 Å². The quantitative estimate of drug-likeness (QED) is 0.332. The monoisotopic (exact) mass is 492 g/mol. The van der Waals surface area contributed by atoms with Crippen LogP contribution < -0.4 is 10.1 Å². The molecule has 0 radical (unpaired) electrons. The second-order valence-corrected chi connectivity index (χ2v) is 8.36. The number of aliphatic carboxylic acids is 2. The molecular weight excluding hydrogens is 473 g/mol. The number of amides is 1. The second-order valence-electron chi connectivity index (χ2n) is 5.66. The predicted octanol–water partition coefficient (Wildman–Crippen LogP) is 4.09. The van der Waals surface area contributed by atoms with Crippen LogP contribution in [0.4, 0.5) is 13.2 Å². The molecular formula is C19H19F3N2O6S2. The number of pyridine rings is 1. The van der Waals surface area contributed by atoms with Gasteiger partial charge in [0.15, 0.2) is 0 Å². The van der Waals surface area contributed by atoms with Crippen molar-refractivity contribution in [2.75, 3.05) is 18.1 Å². The van der Waals surface area contributed by atoms with Gasteiger partial charge in [-0.05, 0) is 30.3 Å². The summed E-state index contributed by atoms with van der Waals surface area (Å²) in [4.78, 5) is 35.4. The second kappa shape index (κ2) is 14.2. The van der Waals surface area contributed by atoms with Crippen molar-refractivity contribution in [1.82, 2.24) is 10.3 Å². The highest BCUT2D eigenvalue weighted by Crippen LogP contribution is 2.22. The number of halogens is 3. The summed E-state index contributed by atoms with van der Waals surface area (Å²) in [6.07, 6.45) is -1.66. The number of nitrogens with one attached hydrogen (secondary N) is 1. The van der Waals surface area contributed by atoms with Crippen LogP contribution in [0, 0.1) is 0 Å². The van der Waals surface area contributed by atoms with Gasteiger partial charge in [-0.25, -0.2) is 4.79 Å². The summed E-state index contributed by atoms with van der Waals surface area (Å²) in [5.41, 5.74) is 0.523. The van der Waals surface area contributed by atoms with Crippen molar-refractivity contribution < 1.29 is 42.5 Å². The lowest BCUT2D eigenvalue weighted by Crippen LogP contribution is -2.25. The first kappa shape index (κ1) is 27.1. The largest absolute Gasteiger partial charge is 0.490 e. The normalized spacial score (nSPS) is 10.5. The van der Waals surface area contributed by atoms with Crippen molar-refractivity contribution in [3.63, 3.8) is 0 Å². The van der Waals surface area contributed by atoms with Gasteiger partial charge in [0.2, 0.25) is 0 Å². The van der Waals surface area contributed by atoms with Crippen molar-refractivity contribution in [2.24, 2.45) is 0 Å². The first-order valence-corrected chi connectivity index (χ1v) is 11.3. The maximum absolute atomic E-state index is 12.2. The third-order valence-corrected chi connectivity index (χ3v) is 5.59. The summed E-state index contributed by atoms with van der Waals surface area (Å²) < 4.78 is 37.4. The van der Waals surface area contributed by atoms with Gasteiger partial charge in [0, 0.05) is 36.0 Å². The third kappa shape index (κ3) is 12.1. The molecule has 0 fully saturated rings. The molecule has 0 saturated heterocycles. The zero-order valence-corrected chi connectivity index (χ0v) is 18.0. The first-order chi connectivity index (χ1) is 15.1. The fraction of sp³-hybridized carbons (Fsp3) is 0.263. The van der Waals surface area contributed by atoms with E-state index in [1.165, 1.54) is 10.8 Å². The molecule has 0 unspecified atom stereocenters. The van der Waals surface area contributed by atoms with Crippen LogP contribution in [0.5, 0.6) is 11.5 Å². The molecule has 2 aromatic rings. The van der Waals surface area contributed by atoms with Crippen molar-refractivity contribution in [3.8, 4) is 11.5 Å². The van der Waals surface area contributed by atoms with Gasteiger partial charge in [-0.2, -0.15) is 13.2 Å². The van der Waals surface area contributed by atoms with Crippen molar-refractivity contribution in [1.29, 1.82) is 0 Å². The average molecular weight is 492 g/mol. The fourth-order valence-electron chi connectivity index (χ4n) is 1.80. The molecule has 32 heavy (non-hydrogen) atoms. The van der Waals surface area contributed by atoms with E-state index in [1.54, 1.807) is 59.6 Å². The molecule has 0 bridgehead atoms. The summed E-state index contributed by atoms with van der Waals surface area (Å²) >= 11 is 0. The lowest BCUT2D eigenvalue weighted by molar-refractivity contribution is -0.192. The van der Waals surface area contributed by atoms with E-state index in [0.29, 0.717) is 35.1 Å². The van der Waals surface area contributed by atoms with Gasteiger partial charge in [0.25, 0.3) is 5.91 Å². The number of nitrogens with zero attached hydrogens (tertiary/aromatic N) is 1. The van der Waals surface area contributed by atoms with Crippen molar-refractivity contribution in [2.45, 2.75) is 12.6 Å². The van der Waals surface area contributed by atoms with Gasteiger partial charge in [-0.15, -0.1) is 0 Å². The molecule has 1 amide bonds. The molecule has 1 aromatic heterocycles. The topological polar surface area (TPSA) is 126 Å². The van der Waals surface area contributed by atoms with Crippen LogP contribution in [0.25, 0.3) is 0 Å². The Hall–Kier alpha value is -2.93. The molecule has 0 atom stereocenters. The SMILES string of the molecule is O=C(O)C(F)(F)F.O=C(O)CCSSCCNC(=O)c1cccc(Oc2ccncc2)c1. The number of carboxylic acid groups (broad SMARTS) is 2. The summed E-state index contributed by atoms with van der Waals surface area (Å²) in [6, 6.07) is 10.4. The summed E-state index contributed by atoms with van der Waals surface area (Å²) in [6.45, 7) is 0.513. The van der Waals surface area contributed by atoms with Gasteiger partial charge in [0.1, 0.15) is 11.5 Å². The summed E-state index contributed by atoms with van der Waals surface area (Å²) in [5, 5.41) is 18.5. The molecule has 0 saturated carbocycles. The van der Waals surface area contributed by atoms with Crippen molar-refractivity contribution >= 4 is 39.4 Å². The third-order valence-electron chi connectivity index (χ3n) is 3.18. The Balaban J connectivity index is 0.000000633. The minimum Gasteiger partial charge on any atom is -0.481 e. The summed E-state index contributed by atoms with van der Waals surface area (Å²) in [5.74, 6) is -1.22. The number of carbonyl (C=O) groups is 3. The Kier molecular flexibility index (Phi) is 12.0. The number of hydrogen-bond donors (Lipinski definition) is 3. The van der Waals surface area contributed by atoms with E-state index < -0.39 is 18.1 Å². The molecule has 13 heteroatoms. The zero-order chi connectivity index (χ0) is 24.0. The molecule has 2 rings (SSSR count). The van der Waals surface area contributed by atoms with Gasteiger partial charge < -0.3 is 20.3 Å². The molecule has 0 aliphatic heterocycles. The lowest BCUT2D eigenvalue weighted by Gasteiger charge is -2.08. The Labute approximate surface area is 189 Å². The highest BCUT2D eigenvalue weighted by Gasteiger charge is 2.38. The van der Waals surface area contributed by atoms with E-state index in [-0.39, 0.29) is 12.3 Å². The highest BCUT2D eigenvalue weighted by atomic mass is 33.1. The number of carbonyl (C=O) groups excluding carboxylic acids is 1. The summed E-state index contributed by atoms with van der Waals surface area (Å²) in [7, 11) is 3.04. The molecule has 174 valence electrons. The molecule has 1 aromatic carbocycles. The van der Waals surface area contributed by atoms with Crippen LogP contribution in [-0.2, 0) is 9.59 Å². The maximum atomic E-state index is 12.2. The molecule has 0 spiro atoms. The lowest BCUT2D eigenvalue weighted by atomic mass is 10.2. The first-order valence-electron chi connectivity index (χ1n) is 8.82. The van der Waals surface area contributed by atoms with E-state index in [0.717, 1.165) is 0 Å². The number of benzene rings is 1. The minimum absolute atomic E-state index is 0.147.